The Kier molecular flexibility index (Phi) is 13.2. The Morgan fingerprint density at radius 2 is 0.630 bits per heavy atom. The van der Waals surface area contributed by atoms with Crippen LogP contribution in [-0.4, -0.2) is 50.3 Å². The molecule has 12 heteroatoms. The summed E-state index contributed by atoms with van der Waals surface area (Å²) in [6.45, 7) is 7.73. The van der Waals surface area contributed by atoms with Gasteiger partial charge in [-0.05, 0) is 113 Å². The van der Waals surface area contributed by atoms with Gasteiger partial charge in [0.05, 0.1) is 71.4 Å². The van der Waals surface area contributed by atoms with Crippen LogP contribution >= 0.6 is 0 Å². The van der Waals surface area contributed by atoms with Crippen molar-refractivity contribution in [3.63, 3.8) is 0 Å². The fourth-order valence-electron chi connectivity index (χ4n) is 5.42. The molecule has 0 saturated heterocycles. The molecule has 5 aromatic carbocycles. The van der Waals surface area contributed by atoms with Gasteiger partial charge in [0.2, 0.25) is 0 Å². The molecule has 278 valence electrons. The zero-order valence-corrected chi connectivity index (χ0v) is 30.5. The van der Waals surface area contributed by atoms with Crippen molar-refractivity contribution in [2.75, 3.05) is 47.7 Å². The van der Waals surface area contributed by atoms with Crippen molar-refractivity contribution >= 4 is 69.4 Å². The Morgan fingerprint density at radius 1 is 0.370 bits per heavy atom. The predicted molar refractivity (Wildman–Crippen MR) is 209 cm³/mol. The molecule has 0 bridgehead atoms. The van der Waals surface area contributed by atoms with Crippen LogP contribution in [0.2, 0.25) is 0 Å². The molecule has 0 saturated carbocycles. The zero-order chi connectivity index (χ0) is 38.5. The van der Waals surface area contributed by atoms with Gasteiger partial charge >= 0.3 is 23.9 Å². The topological polar surface area (TPSA) is 153 Å². The minimum Gasteiger partial charge on any atom is -0.462 e. The smallest absolute Gasteiger partial charge is 0.340 e. The molecule has 0 aliphatic carbocycles. The van der Waals surface area contributed by atoms with Gasteiger partial charge in [-0.25, -0.2) is 19.2 Å². The van der Waals surface area contributed by atoms with Gasteiger partial charge in [-0.1, -0.05) is 24.3 Å². The molecule has 0 fully saturated rings. The van der Waals surface area contributed by atoms with Crippen molar-refractivity contribution in [3.05, 3.63) is 131 Å². The average molecular weight is 731 g/mol. The summed E-state index contributed by atoms with van der Waals surface area (Å²) >= 11 is 0. The highest BCUT2D eigenvalue weighted by molar-refractivity contribution is 6.04. The predicted octanol–water partition coefficient (Wildman–Crippen LogP) is 9.37. The van der Waals surface area contributed by atoms with Crippen LogP contribution in [0, 0.1) is 0 Å². The molecule has 0 spiro atoms. The van der Waals surface area contributed by atoms with Crippen LogP contribution in [0.4, 0.5) is 45.5 Å². The molecule has 5 aromatic rings. The van der Waals surface area contributed by atoms with Crippen LogP contribution in [0.15, 0.2) is 109 Å². The Balaban J connectivity index is 1.41. The summed E-state index contributed by atoms with van der Waals surface area (Å²) in [5.41, 5.74) is 5.68. The number of ether oxygens (including phenoxy) is 4. The van der Waals surface area contributed by atoms with Crippen LogP contribution < -0.4 is 21.3 Å². The largest absolute Gasteiger partial charge is 0.462 e. The average Bonchev–Trinajstić information content (AvgIpc) is 3.17. The maximum atomic E-state index is 13.3. The van der Waals surface area contributed by atoms with E-state index in [1.54, 1.807) is 100 Å². The molecule has 0 amide bonds. The molecule has 0 aromatic heterocycles. The maximum absolute atomic E-state index is 13.3. The molecule has 0 radical (unpaired) electrons. The van der Waals surface area contributed by atoms with E-state index in [4.69, 9.17) is 18.9 Å². The monoisotopic (exact) mass is 730 g/mol. The van der Waals surface area contributed by atoms with Crippen molar-refractivity contribution in [1.82, 2.24) is 0 Å². The van der Waals surface area contributed by atoms with Gasteiger partial charge in [0.25, 0.3) is 0 Å². The Hall–Kier alpha value is -6.82. The minimum absolute atomic E-state index is 0.141. The highest BCUT2D eigenvalue weighted by atomic mass is 16.5. The quantitative estimate of drug-likeness (QED) is 0.0565. The van der Waals surface area contributed by atoms with Gasteiger partial charge in [-0.2, -0.15) is 0 Å². The van der Waals surface area contributed by atoms with E-state index in [1.807, 2.05) is 36.4 Å². The van der Waals surface area contributed by atoms with Crippen molar-refractivity contribution < 1.29 is 38.1 Å². The molecular weight excluding hydrogens is 688 g/mol. The Bertz CT molecular complexity index is 1950. The fraction of sp³-hybridized carbons (Fsp3) is 0.190. The molecule has 54 heavy (non-hydrogen) atoms. The van der Waals surface area contributed by atoms with E-state index < -0.39 is 23.9 Å². The molecule has 0 aliphatic rings. The van der Waals surface area contributed by atoms with E-state index in [9.17, 15) is 19.2 Å². The number of nitrogens with one attached hydrogen (secondary N) is 4. The van der Waals surface area contributed by atoms with Crippen LogP contribution in [-0.2, 0) is 18.9 Å². The number of para-hydroxylation sites is 2. The van der Waals surface area contributed by atoms with E-state index in [-0.39, 0.29) is 37.6 Å². The van der Waals surface area contributed by atoms with Gasteiger partial charge in [-0.15, -0.1) is 0 Å². The van der Waals surface area contributed by atoms with Gasteiger partial charge in [-0.3, -0.25) is 0 Å². The van der Waals surface area contributed by atoms with E-state index in [1.165, 1.54) is 0 Å². The molecule has 0 atom stereocenters. The highest BCUT2D eigenvalue weighted by Crippen LogP contribution is 2.33. The van der Waals surface area contributed by atoms with Gasteiger partial charge < -0.3 is 40.2 Å². The van der Waals surface area contributed by atoms with Gasteiger partial charge in [0.1, 0.15) is 0 Å². The van der Waals surface area contributed by atoms with Crippen molar-refractivity contribution in [3.8, 4) is 0 Å². The molecule has 0 aliphatic heterocycles. The minimum atomic E-state index is -0.591. The number of rotatable bonds is 16. The second-order valence-corrected chi connectivity index (χ2v) is 11.6. The first-order valence-corrected chi connectivity index (χ1v) is 17.6. The lowest BCUT2D eigenvalue weighted by Crippen LogP contribution is -2.13. The molecule has 4 N–H and O–H groups in total. The van der Waals surface area contributed by atoms with Crippen molar-refractivity contribution in [2.24, 2.45) is 0 Å². The normalized spacial score (nSPS) is 10.4. The third kappa shape index (κ3) is 9.73. The van der Waals surface area contributed by atoms with E-state index in [0.29, 0.717) is 56.6 Å². The lowest BCUT2D eigenvalue weighted by atomic mass is 10.0. The first-order chi connectivity index (χ1) is 26.2. The molecule has 5 rings (SSSR count). The molecular formula is C42H42N4O8. The van der Waals surface area contributed by atoms with Gasteiger partial charge in [0.15, 0.2) is 0 Å². The van der Waals surface area contributed by atoms with Crippen LogP contribution in [0.5, 0.6) is 0 Å². The zero-order valence-electron chi connectivity index (χ0n) is 30.5. The van der Waals surface area contributed by atoms with E-state index >= 15 is 0 Å². The summed E-state index contributed by atoms with van der Waals surface area (Å²) in [6, 6.07) is 31.6. The second kappa shape index (κ2) is 18.6. The summed E-state index contributed by atoms with van der Waals surface area (Å²) in [7, 11) is 0. The molecule has 0 heterocycles. The number of hydrogen-bond donors (Lipinski definition) is 4. The van der Waals surface area contributed by atoms with Crippen LogP contribution in [0.1, 0.15) is 69.1 Å². The third-order valence-corrected chi connectivity index (χ3v) is 7.88. The Morgan fingerprint density at radius 3 is 0.926 bits per heavy atom. The van der Waals surface area contributed by atoms with Crippen molar-refractivity contribution in [2.45, 2.75) is 27.7 Å². The third-order valence-electron chi connectivity index (χ3n) is 7.88. The number of anilines is 8. The van der Waals surface area contributed by atoms with Crippen molar-refractivity contribution in [1.29, 1.82) is 0 Å². The summed E-state index contributed by atoms with van der Waals surface area (Å²) in [5.74, 6) is -2.04. The van der Waals surface area contributed by atoms with Crippen LogP contribution in [0.25, 0.3) is 0 Å². The summed E-state index contributed by atoms with van der Waals surface area (Å²) < 4.78 is 21.2. The summed E-state index contributed by atoms with van der Waals surface area (Å²) in [6.07, 6.45) is 0. The van der Waals surface area contributed by atoms with E-state index in [0.717, 1.165) is 0 Å². The maximum Gasteiger partial charge on any atom is 0.340 e. The lowest BCUT2D eigenvalue weighted by Gasteiger charge is -2.18. The second-order valence-electron chi connectivity index (χ2n) is 11.6. The standard InChI is InChI=1S/C42H42N4O8/c1-5-51-39(47)31-13-9-11-15-35(31)43-27-17-21-29(22-18-27)45-37-25-34(42(50)54-8-4)38(26-33(37)41(49)53-7-3)46-30-23-19-28(20-24-30)44-36-16-12-10-14-32(36)40(48)52-6-2/h9-26,43-46H,5-8H2,1-4H3. The lowest BCUT2D eigenvalue weighted by molar-refractivity contribution is 0.0513. The fourth-order valence-corrected chi connectivity index (χ4v) is 5.42. The molecule has 0 unspecified atom stereocenters. The summed E-state index contributed by atoms with van der Waals surface area (Å²) in [5, 5.41) is 13.0. The van der Waals surface area contributed by atoms with E-state index in [2.05, 4.69) is 21.3 Å². The number of benzene rings is 5. The number of carbonyl (C=O) groups is 4. The van der Waals surface area contributed by atoms with Crippen LogP contribution in [0.3, 0.4) is 0 Å². The SMILES string of the molecule is CCOC(=O)c1ccccc1Nc1ccc(Nc2cc(C(=O)OCC)c(Nc3ccc(Nc4ccccc4C(=O)OCC)cc3)cc2C(=O)OCC)cc1. The molecule has 12 nitrogen and oxygen atoms in total. The first kappa shape index (κ1) is 38.4. The number of hydrogen-bond acceptors (Lipinski definition) is 12. The Labute approximate surface area is 313 Å². The van der Waals surface area contributed by atoms with Gasteiger partial charge in [0, 0.05) is 22.7 Å². The number of esters is 4. The highest BCUT2D eigenvalue weighted by Gasteiger charge is 2.22. The summed E-state index contributed by atoms with van der Waals surface area (Å²) in [4.78, 5) is 51.5. The number of carbonyl (C=O) groups excluding carboxylic acids is 4. The first-order valence-electron chi connectivity index (χ1n) is 17.6.